The second kappa shape index (κ2) is 11.4. The maximum absolute atomic E-state index is 13.1. The SMILES string of the molecule is CN1C(=O)c2ccccc2[C@H]1[C@@H](CCN1CCC(c2ccccc2[S+](C)[O-])CC1)c1ccc(Cl)c(Cl)c1. The number of piperidine rings is 1. The van der Waals surface area contributed by atoms with Crippen molar-refractivity contribution in [3.8, 4) is 0 Å². The second-order valence-electron chi connectivity index (χ2n) is 10.1. The molecular weight excluding hydrogens is 523 g/mol. The first-order chi connectivity index (χ1) is 17.8. The summed E-state index contributed by atoms with van der Waals surface area (Å²) in [6, 6.07) is 21.9. The average molecular weight is 556 g/mol. The van der Waals surface area contributed by atoms with E-state index in [1.54, 1.807) is 6.26 Å². The lowest BCUT2D eigenvalue weighted by molar-refractivity contribution is 0.0746. The van der Waals surface area contributed by atoms with Crippen LogP contribution in [0.25, 0.3) is 0 Å². The van der Waals surface area contributed by atoms with Crippen LogP contribution in [0, 0.1) is 0 Å². The molecule has 194 valence electrons. The van der Waals surface area contributed by atoms with Gasteiger partial charge in [-0.2, -0.15) is 0 Å². The van der Waals surface area contributed by atoms with E-state index in [2.05, 4.69) is 23.1 Å². The van der Waals surface area contributed by atoms with Gasteiger partial charge >= 0.3 is 0 Å². The highest BCUT2D eigenvalue weighted by atomic mass is 35.5. The van der Waals surface area contributed by atoms with Crippen molar-refractivity contribution in [3.05, 3.63) is 99.0 Å². The second-order valence-corrected chi connectivity index (χ2v) is 12.3. The van der Waals surface area contributed by atoms with Crippen LogP contribution >= 0.6 is 23.2 Å². The van der Waals surface area contributed by atoms with Crippen LogP contribution in [0.2, 0.25) is 10.0 Å². The molecule has 4 nitrogen and oxygen atoms in total. The fourth-order valence-corrected chi connectivity index (χ4v) is 7.22. The van der Waals surface area contributed by atoms with Crippen molar-refractivity contribution in [1.82, 2.24) is 9.80 Å². The third kappa shape index (κ3) is 5.43. The van der Waals surface area contributed by atoms with Gasteiger partial charge in [0, 0.05) is 24.1 Å². The van der Waals surface area contributed by atoms with Gasteiger partial charge in [0.05, 0.1) is 16.1 Å². The zero-order valence-electron chi connectivity index (χ0n) is 21.2. The standard InChI is InChI=1S/C30H32Cl2N2O2S/c1-33-29(24-8-3-4-9-25(24)30(33)35)23(21-11-12-26(31)27(32)19-21)15-18-34-16-13-20(14-17-34)22-7-5-6-10-28(22)37(2)36/h3-12,19-20,23,29H,13-18H2,1-2H3/t23-,29+,37?/m0/s1. The van der Waals surface area contributed by atoms with Gasteiger partial charge in [-0.25, -0.2) is 0 Å². The van der Waals surface area contributed by atoms with Crippen LogP contribution in [-0.2, 0) is 11.2 Å². The Bertz CT molecular complexity index is 1280. The number of rotatable bonds is 7. The lowest BCUT2D eigenvalue weighted by atomic mass is 9.84. The van der Waals surface area contributed by atoms with Crippen molar-refractivity contribution in [3.63, 3.8) is 0 Å². The molecule has 1 saturated heterocycles. The van der Waals surface area contributed by atoms with Crippen molar-refractivity contribution in [2.45, 2.75) is 42.0 Å². The number of hydrogen-bond acceptors (Lipinski definition) is 3. The van der Waals surface area contributed by atoms with Crippen LogP contribution in [0.3, 0.4) is 0 Å². The third-order valence-corrected chi connectivity index (χ3v) is 9.74. The maximum Gasteiger partial charge on any atom is 0.254 e. The van der Waals surface area contributed by atoms with E-state index in [0.29, 0.717) is 16.0 Å². The first kappa shape index (κ1) is 26.6. The van der Waals surface area contributed by atoms with E-state index in [0.717, 1.165) is 60.5 Å². The Kier molecular flexibility index (Phi) is 8.18. The molecule has 0 saturated carbocycles. The van der Waals surface area contributed by atoms with E-state index in [1.165, 1.54) is 5.56 Å². The Hall–Kier alpha value is -2.02. The summed E-state index contributed by atoms with van der Waals surface area (Å²) in [5.74, 6) is 0.597. The summed E-state index contributed by atoms with van der Waals surface area (Å²) in [5.41, 5.74) is 4.20. The van der Waals surface area contributed by atoms with E-state index >= 15 is 0 Å². The Morgan fingerprint density at radius 1 is 0.973 bits per heavy atom. The van der Waals surface area contributed by atoms with Crippen molar-refractivity contribution in [2.75, 3.05) is 32.9 Å². The summed E-state index contributed by atoms with van der Waals surface area (Å²) in [6.45, 7) is 2.93. The molecule has 3 aromatic rings. The highest BCUT2D eigenvalue weighted by molar-refractivity contribution is 7.90. The van der Waals surface area contributed by atoms with Gasteiger partial charge in [-0.1, -0.05) is 65.7 Å². The molecule has 2 aliphatic heterocycles. The molecule has 5 rings (SSSR count). The van der Waals surface area contributed by atoms with Crippen molar-refractivity contribution >= 4 is 40.3 Å². The van der Waals surface area contributed by atoms with Gasteiger partial charge in [0.15, 0.2) is 4.90 Å². The molecule has 3 aromatic carbocycles. The number of likely N-dealkylation sites (tertiary alicyclic amines) is 1. The first-order valence-electron chi connectivity index (χ1n) is 12.8. The number of nitrogens with zero attached hydrogens (tertiary/aromatic N) is 2. The number of carbonyl (C=O) groups excluding carboxylic acids is 1. The minimum atomic E-state index is -0.978. The Balaban J connectivity index is 1.34. The quantitative estimate of drug-likeness (QED) is 0.298. The smallest absolute Gasteiger partial charge is 0.254 e. The number of amides is 1. The normalized spacial score (nSPS) is 20.2. The Morgan fingerprint density at radius 3 is 2.35 bits per heavy atom. The average Bonchev–Trinajstić information content (AvgIpc) is 3.16. The topological polar surface area (TPSA) is 46.6 Å². The van der Waals surface area contributed by atoms with E-state index < -0.39 is 11.2 Å². The summed E-state index contributed by atoms with van der Waals surface area (Å²) >= 11 is 11.7. The van der Waals surface area contributed by atoms with Crippen LogP contribution < -0.4 is 0 Å². The molecule has 0 aliphatic carbocycles. The Morgan fingerprint density at radius 2 is 1.65 bits per heavy atom. The predicted octanol–water partition coefficient (Wildman–Crippen LogP) is 6.91. The molecule has 0 N–H and O–H groups in total. The van der Waals surface area contributed by atoms with E-state index in [1.807, 2.05) is 60.5 Å². The molecule has 0 spiro atoms. The van der Waals surface area contributed by atoms with Crippen molar-refractivity contribution < 1.29 is 9.35 Å². The zero-order valence-corrected chi connectivity index (χ0v) is 23.5. The van der Waals surface area contributed by atoms with Gasteiger partial charge in [0.1, 0.15) is 6.26 Å². The van der Waals surface area contributed by atoms with Gasteiger partial charge in [-0.3, -0.25) is 4.79 Å². The number of likely N-dealkylation sites (N-methyl/N-ethyl adjacent to an activating group) is 1. The highest BCUT2D eigenvalue weighted by Crippen LogP contribution is 2.45. The number of benzene rings is 3. The van der Waals surface area contributed by atoms with Gasteiger partial charge in [0.25, 0.3) is 5.91 Å². The zero-order chi connectivity index (χ0) is 26.1. The third-order valence-electron chi connectivity index (χ3n) is 8.01. The molecule has 0 aromatic heterocycles. The Labute approximate surface area is 232 Å². The van der Waals surface area contributed by atoms with Crippen LogP contribution in [-0.4, -0.2) is 53.2 Å². The molecule has 1 fully saturated rings. The minimum Gasteiger partial charge on any atom is -0.612 e. The van der Waals surface area contributed by atoms with Crippen molar-refractivity contribution in [1.29, 1.82) is 0 Å². The molecule has 2 aliphatic rings. The van der Waals surface area contributed by atoms with Crippen molar-refractivity contribution in [2.24, 2.45) is 0 Å². The summed E-state index contributed by atoms with van der Waals surface area (Å²) in [5, 5.41) is 1.08. The number of halogens is 2. The van der Waals surface area contributed by atoms with Gasteiger partial charge in [0.2, 0.25) is 0 Å². The summed E-state index contributed by atoms with van der Waals surface area (Å²) in [6.07, 6.45) is 4.77. The molecule has 0 bridgehead atoms. The van der Waals surface area contributed by atoms with Gasteiger partial charge in [-0.15, -0.1) is 0 Å². The van der Waals surface area contributed by atoms with Crippen LogP contribution in [0.4, 0.5) is 0 Å². The molecule has 2 heterocycles. The molecular formula is C30H32Cl2N2O2S. The van der Waals surface area contributed by atoms with Crippen LogP contribution in [0.15, 0.2) is 71.6 Å². The fourth-order valence-electron chi connectivity index (χ4n) is 6.08. The molecule has 1 unspecified atom stereocenters. The monoisotopic (exact) mass is 554 g/mol. The predicted molar refractivity (Wildman–Crippen MR) is 152 cm³/mol. The van der Waals surface area contributed by atoms with E-state index in [4.69, 9.17) is 23.2 Å². The number of fused-ring (bicyclic) bond motifs is 1. The van der Waals surface area contributed by atoms with Crippen LogP contribution in [0.1, 0.15) is 64.2 Å². The molecule has 3 atom stereocenters. The van der Waals surface area contributed by atoms with Gasteiger partial charge in [-0.05, 0) is 91.4 Å². The number of carbonyl (C=O) groups is 1. The lowest BCUT2D eigenvalue weighted by Gasteiger charge is -2.35. The highest BCUT2D eigenvalue weighted by Gasteiger charge is 2.39. The summed E-state index contributed by atoms with van der Waals surface area (Å²) < 4.78 is 12.2. The maximum atomic E-state index is 13.1. The van der Waals surface area contributed by atoms with Crippen LogP contribution in [0.5, 0.6) is 0 Å². The summed E-state index contributed by atoms with van der Waals surface area (Å²) in [7, 11) is 1.90. The molecule has 7 heteroatoms. The first-order valence-corrected chi connectivity index (χ1v) is 15.1. The molecule has 0 radical (unpaired) electrons. The minimum absolute atomic E-state index is 0.0510. The largest absolute Gasteiger partial charge is 0.612 e. The summed E-state index contributed by atoms with van der Waals surface area (Å²) in [4.78, 5) is 18.4. The lowest BCUT2D eigenvalue weighted by Crippen LogP contribution is -2.36. The molecule has 1 amide bonds. The van der Waals surface area contributed by atoms with Gasteiger partial charge < -0.3 is 14.4 Å². The molecule has 37 heavy (non-hydrogen) atoms. The number of hydrogen-bond donors (Lipinski definition) is 0. The van der Waals surface area contributed by atoms with E-state index in [-0.39, 0.29) is 17.9 Å². The fraction of sp³-hybridized carbons (Fsp3) is 0.367. The van der Waals surface area contributed by atoms with E-state index in [9.17, 15) is 9.35 Å².